The Morgan fingerprint density at radius 2 is 2.12 bits per heavy atom. The molecule has 0 aromatic carbocycles. The highest BCUT2D eigenvalue weighted by Gasteiger charge is 2.10. The summed E-state index contributed by atoms with van der Waals surface area (Å²) in [7, 11) is 0. The van der Waals surface area contributed by atoms with E-state index in [0.29, 0.717) is 12.5 Å². The molecule has 4 nitrogen and oxygen atoms in total. The van der Waals surface area contributed by atoms with Crippen LogP contribution in [0.5, 0.6) is 5.88 Å². The topological polar surface area (TPSA) is 38.2 Å². The molecule has 2 rings (SSSR count). The summed E-state index contributed by atoms with van der Waals surface area (Å²) < 4.78 is 6.33. The van der Waals surface area contributed by atoms with Crippen LogP contribution in [0.4, 0.5) is 0 Å². The average Bonchev–Trinajstić information content (AvgIpc) is 2.35. The summed E-state index contributed by atoms with van der Waals surface area (Å²) in [6.45, 7) is 3.92. The second kappa shape index (κ2) is 6.52. The number of likely N-dealkylation sites (tertiary alicyclic amines) is 1. The minimum Gasteiger partial charge on any atom is -0.475 e. The smallest absolute Gasteiger partial charge is 0.232 e. The Hall–Kier alpha value is -0.390. The molecular weight excluding hydrogens is 305 g/mol. The molecule has 1 aliphatic rings. The lowest BCUT2D eigenvalue weighted by molar-refractivity contribution is 0.180. The molecule has 1 fully saturated rings. The largest absolute Gasteiger partial charge is 0.475 e. The highest BCUT2D eigenvalue weighted by molar-refractivity contribution is 9.10. The summed E-state index contributed by atoms with van der Waals surface area (Å²) in [6.07, 6.45) is 5.54. The lowest BCUT2D eigenvalue weighted by Gasteiger charge is -2.26. The van der Waals surface area contributed by atoms with Gasteiger partial charge in [-0.15, -0.1) is 0 Å². The maximum absolute atomic E-state index is 5.71. The van der Waals surface area contributed by atoms with Crippen LogP contribution in [0.2, 0.25) is 5.28 Å². The van der Waals surface area contributed by atoms with Gasteiger partial charge in [0.1, 0.15) is 6.61 Å². The minimum atomic E-state index is 0.209. The Balaban J connectivity index is 1.79. The fraction of sp³-hybridized carbons (Fsp3) is 0.636. The van der Waals surface area contributed by atoms with Crippen LogP contribution in [0, 0.1) is 0 Å². The van der Waals surface area contributed by atoms with E-state index in [1.54, 1.807) is 6.20 Å². The van der Waals surface area contributed by atoms with Crippen molar-refractivity contribution in [1.29, 1.82) is 0 Å². The molecule has 6 heteroatoms. The summed E-state index contributed by atoms with van der Waals surface area (Å²) in [5.74, 6) is 0.516. The van der Waals surface area contributed by atoms with Gasteiger partial charge in [-0.3, -0.25) is 4.90 Å². The lowest BCUT2D eigenvalue weighted by atomic mass is 10.1. The zero-order valence-corrected chi connectivity index (χ0v) is 11.9. The third-order valence-electron chi connectivity index (χ3n) is 2.78. The van der Waals surface area contributed by atoms with Crippen LogP contribution in [-0.4, -0.2) is 41.1 Å². The van der Waals surface area contributed by atoms with Crippen molar-refractivity contribution in [3.05, 3.63) is 16.0 Å². The van der Waals surface area contributed by atoms with Gasteiger partial charge < -0.3 is 4.74 Å². The molecule has 17 heavy (non-hydrogen) atoms. The lowest BCUT2D eigenvalue weighted by Crippen LogP contribution is -2.33. The van der Waals surface area contributed by atoms with E-state index in [0.717, 1.165) is 11.0 Å². The second-order valence-electron chi connectivity index (χ2n) is 4.04. The van der Waals surface area contributed by atoms with Gasteiger partial charge in [-0.25, -0.2) is 4.98 Å². The number of halogens is 2. The SMILES string of the molecule is Clc1ncc(Br)c(OCCN2CCCCC2)n1. The molecule has 2 heterocycles. The van der Waals surface area contributed by atoms with Gasteiger partial charge in [-0.2, -0.15) is 4.98 Å². The fourth-order valence-electron chi connectivity index (χ4n) is 1.89. The number of hydrogen-bond acceptors (Lipinski definition) is 4. The third-order valence-corrected chi connectivity index (χ3v) is 3.50. The van der Waals surface area contributed by atoms with E-state index < -0.39 is 0 Å². The summed E-state index contributed by atoms with van der Waals surface area (Å²) in [6, 6.07) is 0. The van der Waals surface area contributed by atoms with Crippen LogP contribution in [0.1, 0.15) is 19.3 Å². The summed E-state index contributed by atoms with van der Waals surface area (Å²) in [5, 5.41) is 0.209. The Morgan fingerprint density at radius 1 is 1.35 bits per heavy atom. The van der Waals surface area contributed by atoms with Gasteiger partial charge in [0, 0.05) is 12.7 Å². The first kappa shape index (κ1) is 13.1. The van der Waals surface area contributed by atoms with Crippen LogP contribution in [-0.2, 0) is 0 Å². The molecule has 0 bridgehead atoms. The van der Waals surface area contributed by atoms with Gasteiger partial charge in [-0.1, -0.05) is 6.42 Å². The molecule has 0 spiro atoms. The number of nitrogens with zero attached hydrogens (tertiary/aromatic N) is 3. The van der Waals surface area contributed by atoms with E-state index in [2.05, 4.69) is 30.8 Å². The van der Waals surface area contributed by atoms with Crippen LogP contribution < -0.4 is 4.74 Å². The maximum atomic E-state index is 5.71. The van der Waals surface area contributed by atoms with Crippen LogP contribution >= 0.6 is 27.5 Å². The molecule has 0 atom stereocenters. The van der Waals surface area contributed by atoms with Gasteiger partial charge in [0.2, 0.25) is 11.2 Å². The third kappa shape index (κ3) is 4.08. The van der Waals surface area contributed by atoms with Gasteiger partial charge >= 0.3 is 0 Å². The van der Waals surface area contributed by atoms with E-state index in [1.807, 2.05) is 0 Å². The number of ether oxygens (including phenoxy) is 1. The maximum Gasteiger partial charge on any atom is 0.232 e. The first-order valence-electron chi connectivity index (χ1n) is 5.79. The van der Waals surface area contributed by atoms with Gasteiger partial charge in [-0.05, 0) is 53.5 Å². The first-order valence-corrected chi connectivity index (χ1v) is 6.96. The predicted molar refractivity (Wildman–Crippen MR) is 70.5 cm³/mol. The Kier molecular flexibility index (Phi) is 5.00. The van der Waals surface area contributed by atoms with E-state index in [1.165, 1.54) is 32.4 Å². The minimum absolute atomic E-state index is 0.209. The number of rotatable bonds is 4. The van der Waals surface area contributed by atoms with Crippen molar-refractivity contribution in [3.8, 4) is 5.88 Å². The molecule has 94 valence electrons. The summed E-state index contributed by atoms with van der Waals surface area (Å²) >= 11 is 9.05. The molecule has 0 amide bonds. The van der Waals surface area contributed by atoms with Crippen molar-refractivity contribution in [3.63, 3.8) is 0 Å². The van der Waals surface area contributed by atoms with Gasteiger partial charge in [0.25, 0.3) is 0 Å². The molecule has 1 aliphatic heterocycles. The fourth-order valence-corrected chi connectivity index (χ4v) is 2.32. The molecule has 0 saturated carbocycles. The van der Waals surface area contributed by atoms with E-state index in [4.69, 9.17) is 16.3 Å². The molecule has 0 radical (unpaired) electrons. The monoisotopic (exact) mass is 319 g/mol. The number of piperidine rings is 1. The Morgan fingerprint density at radius 3 is 2.88 bits per heavy atom. The molecule has 1 aromatic heterocycles. The van der Waals surface area contributed by atoms with Crippen LogP contribution in [0.3, 0.4) is 0 Å². The zero-order chi connectivity index (χ0) is 12.1. The normalized spacial score (nSPS) is 17.1. The van der Waals surface area contributed by atoms with Crippen molar-refractivity contribution >= 4 is 27.5 Å². The number of aromatic nitrogens is 2. The molecule has 1 saturated heterocycles. The molecule has 0 unspecified atom stereocenters. The molecule has 1 aromatic rings. The summed E-state index contributed by atoms with van der Waals surface area (Å²) in [4.78, 5) is 10.3. The Bertz CT molecular complexity index is 372. The van der Waals surface area contributed by atoms with Crippen LogP contribution in [0.25, 0.3) is 0 Å². The van der Waals surface area contributed by atoms with E-state index in [-0.39, 0.29) is 5.28 Å². The van der Waals surface area contributed by atoms with Gasteiger partial charge in [0.15, 0.2) is 0 Å². The number of hydrogen-bond donors (Lipinski definition) is 0. The standard InChI is InChI=1S/C11H15BrClN3O/c12-9-8-14-11(13)15-10(9)17-7-6-16-4-2-1-3-5-16/h8H,1-7H2. The van der Waals surface area contributed by atoms with Crippen molar-refractivity contribution in [2.45, 2.75) is 19.3 Å². The summed E-state index contributed by atoms with van der Waals surface area (Å²) in [5.41, 5.74) is 0. The zero-order valence-electron chi connectivity index (χ0n) is 9.53. The van der Waals surface area contributed by atoms with Crippen LogP contribution in [0.15, 0.2) is 10.7 Å². The van der Waals surface area contributed by atoms with Gasteiger partial charge in [0.05, 0.1) is 4.47 Å². The Labute approximate surface area is 114 Å². The highest BCUT2D eigenvalue weighted by Crippen LogP contribution is 2.22. The first-order chi connectivity index (χ1) is 8.25. The quantitative estimate of drug-likeness (QED) is 0.800. The predicted octanol–water partition coefficient (Wildman–Crippen LogP) is 2.76. The van der Waals surface area contributed by atoms with Crippen molar-refractivity contribution in [2.75, 3.05) is 26.2 Å². The van der Waals surface area contributed by atoms with Crippen molar-refractivity contribution in [1.82, 2.24) is 14.9 Å². The molecular formula is C11H15BrClN3O. The van der Waals surface area contributed by atoms with Crippen molar-refractivity contribution in [2.24, 2.45) is 0 Å². The van der Waals surface area contributed by atoms with E-state index >= 15 is 0 Å². The highest BCUT2D eigenvalue weighted by atomic mass is 79.9. The average molecular weight is 321 g/mol. The molecule has 0 aliphatic carbocycles. The van der Waals surface area contributed by atoms with E-state index in [9.17, 15) is 0 Å². The molecule has 0 N–H and O–H groups in total. The second-order valence-corrected chi connectivity index (χ2v) is 5.24. The van der Waals surface area contributed by atoms with Crippen molar-refractivity contribution < 1.29 is 4.74 Å².